The molecule has 0 amide bonds. The molecule has 0 saturated carbocycles. The molecule has 0 radical (unpaired) electrons. The van der Waals surface area contributed by atoms with Gasteiger partial charge in [0.15, 0.2) is 0 Å². The van der Waals surface area contributed by atoms with Crippen LogP contribution in [0.25, 0.3) is 0 Å². The van der Waals surface area contributed by atoms with Crippen molar-refractivity contribution in [1.29, 1.82) is 0 Å². The summed E-state index contributed by atoms with van der Waals surface area (Å²) in [5, 5.41) is 3.29. The standard InChI is InChI=1S/C12H9BrFNOS/c13-12-4-3-11(17-12)9-6-16-10-2-1-7(14)5-8(10)15-9/h1-5,9,15H,6H2. The van der Waals surface area contributed by atoms with Gasteiger partial charge in [-0.25, -0.2) is 4.39 Å². The average Bonchev–Trinajstić information content (AvgIpc) is 2.75. The molecule has 5 heteroatoms. The third-order valence-electron chi connectivity index (χ3n) is 2.61. The highest BCUT2D eigenvalue weighted by Crippen LogP contribution is 2.36. The number of benzene rings is 1. The van der Waals surface area contributed by atoms with Gasteiger partial charge in [0, 0.05) is 10.9 Å². The minimum atomic E-state index is -0.257. The maximum Gasteiger partial charge on any atom is 0.142 e. The van der Waals surface area contributed by atoms with Crippen LogP contribution in [0.2, 0.25) is 0 Å². The Morgan fingerprint density at radius 3 is 3.00 bits per heavy atom. The van der Waals surface area contributed by atoms with Crippen LogP contribution in [0.1, 0.15) is 10.9 Å². The summed E-state index contributed by atoms with van der Waals surface area (Å²) >= 11 is 5.09. The molecular weight excluding hydrogens is 305 g/mol. The van der Waals surface area contributed by atoms with Crippen LogP contribution in [0.4, 0.5) is 10.1 Å². The molecule has 0 fully saturated rings. The number of rotatable bonds is 1. The number of hydrogen-bond donors (Lipinski definition) is 1. The van der Waals surface area contributed by atoms with E-state index in [1.54, 1.807) is 17.4 Å². The van der Waals surface area contributed by atoms with E-state index >= 15 is 0 Å². The van der Waals surface area contributed by atoms with Crippen LogP contribution in [0.15, 0.2) is 34.1 Å². The Morgan fingerprint density at radius 2 is 2.24 bits per heavy atom. The Bertz CT molecular complexity index is 557. The van der Waals surface area contributed by atoms with Gasteiger partial charge in [-0.1, -0.05) is 0 Å². The first kappa shape index (κ1) is 11.0. The molecule has 17 heavy (non-hydrogen) atoms. The van der Waals surface area contributed by atoms with E-state index in [-0.39, 0.29) is 11.9 Å². The molecule has 0 aliphatic carbocycles. The summed E-state index contributed by atoms with van der Waals surface area (Å²) in [6.07, 6.45) is 0. The Hall–Kier alpha value is -1.07. The smallest absolute Gasteiger partial charge is 0.142 e. The van der Waals surface area contributed by atoms with E-state index < -0.39 is 0 Å². The molecule has 1 aromatic heterocycles. The topological polar surface area (TPSA) is 21.3 Å². The van der Waals surface area contributed by atoms with Crippen molar-refractivity contribution in [3.05, 3.63) is 44.8 Å². The van der Waals surface area contributed by atoms with Gasteiger partial charge in [0.05, 0.1) is 15.5 Å². The van der Waals surface area contributed by atoms with Crippen molar-refractivity contribution in [2.45, 2.75) is 6.04 Å². The fourth-order valence-corrected chi connectivity index (χ4v) is 3.27. The second-order valence-corrected chi connectivity index (χ2v) is 6.28. The minimum Gasteiger partial charge on any atom is -0.489 e. The van der Waals surface area contributed by atoms with Gasteiger partial charge in [0.25, 0.3) is 0 Å². The first-order chi connectivity index (χ1) is 8.22. The van der Waals surface area contributed by atoms with Gasteiger partial charge in [-0.3, -0.25) is 0 Å². The lowest BCUT2D eigenvalue weighted by molar-refractivity contribution is 0.287. The van der Waals surface area contributed by atoms with Gasteiger partial charge >= 0.3 is 0 Å². The third kappa shape index (κ3) is 2.17. The van der Waals surface area contributed by atoms with Gasteiger partial charge in [-0.15, -0.1) is 11.3 Å². The zero-order valence-electron chi connectivity index (χ0n) is 8.74. The van der Waals surface area contributed by atoms with E-state index in [0.29, 0.717) is 18.0 Å². The average molecular weight is 314 g/mol. The number of hydrogen-bond acceptors (Lipinski definition) is 3. The molecule has 1 aliphatic heterocycles. The van der Waals surface area contributed by atoms with Gasteiger partial charge in [0.2, 0.25) is 0 Å². The van der Waals surface area contributed by atoms with Gasteiger partial charge < -0.3 is 10.1 Å². The molecule has 1 aromatic carbocycles. The Balaban J connectivity index is 1.89. The monoisotopic (exact) mass is 313 g/mol. The number of fused-ring (bicyclic) bond motifs is 1. The summed E-state index contributed by atoms with van der Waals surface area (Å²) in [5.41, 5.74) is 0.714. The predicted molar refractivity (Wildman–Crippen MR) is 70.3 cm³/mol. The third-order valence-corrected chi connectivity index (χ3v) is 4.35. The summed E-state index contributed by atoms with van der Waals surface area (Å²) in [7, 11) is 0. The summed E-state index contributed by atoms with van der Waals surface area (Å²) in [6.45, 7) is 0.561. The fraction of sp³-hybridized carbons (Fsp3) is 0.167. The zero-order chi connectivity index (χ0) is 11.8. The molecule has 2 heterocycles. The lowest BCUT2D eigenvalue weighted by Crippen LogP contribution is -2.23. The maximum atomic E-state index is 13.1. The van der Waals surface area contributed by atoms with E-state index in [0.717, 1.165) is 3.79 Å². The summed E-state index contributed by atoms with van der Waals surface area (Å²) in [6, 6.07) is 8.65. The summed E-state index contributed by atoms with van der Waals surface area (Å²) in [4.78, 5) is 1.17. The van der Waals surface area contributed by atoms with Crippen LogP contribution in [0.5, 0.6) is 5.75 Å². The van der Waals surface area contributed by atoms with Crippen molar-refractivity contribution in [1.82, 2.24) is 0 Å². The van der Waals surface area contributed by atoms with E-state index in [9.17, 15) is 4.39 Å². The van der Waals surface area contributed by atoms with Crippen LogP contribution in [0, 0.1) is 5.82 Å². The quantitative estimate of drug-likeness (QED) is 0.852. The van der Waals surface area contributed by atoms with Crippen molar-refractivity contribution >= 4 is 33.0 Å². The van der Waals surface area contributed by atoms with Crippen LogP contribution >= 0.6 is 27.3 Å². The van der Waals surface area contributed by atoms with Crippen LogP contribution in [-0.2, 0) is 0 Å². The number of ether oxygens (including phenoxy) is 1. The molecule has 2 nitrogen and oxygen atoms in total. The number of anilines is 1. The zero-order valence-corrected chi connectivity index (χ0v) is 11.1. The van der Waals surface area contributed by atoms with Crippen molar-refractivity contribution in [2.24, 2.45) is 0 Å². The normalized spacial score (nSPS) is 18.1. The minimum absolute atomic E-state index is 0.0839. The molecule has 2 aromatic rings. The van der Waals surface area contributed by atoms with Crippen LogP contribution in [-0.4, -0.2) is 6.61 Å². The van der Waals surface area contributed by atoms with E-state index in [1.165, 1.54) is 17.0 Å². The summed E-state index contributed by atoms with van der Waals surface area (Å²) in [5.74, 6) is 0.450. The second kappa shape index (κ2) is 4.31. The Morgan fingerprint density at radius 1 is 1.35 bits per heavy atom. The van der Waals surface area contributed by atoms with E-state index in [2.05, 4.69) is 21.2 Å². The first-order valence-electron chi connectivity index (χ1n) is 5.16. The highest BCUT2D eigenvalue weighted by atomic mass is 79.9. The molecule has 1 aliphatic rings. The highest BCUT2D eigenvalue weighted by molar-refractivity contribution is 9.11. The van der Waals surface area contributed by atoms with Crippen molar-refractivity contribution in [2.75, 3.05) is 11.9 Å². The first-order valence-corrected chi connectivity index (χ1v) is 6.77. The molecular formula is C12H9BrFNOS. The molecule has 1 atom stereocenters. The molecule has 1 unspecified atom stereocenters. The molecule has 0 spiro atoms. The molecule has 88 valence electrons. The Kier molecular flexibility index (Phi) is 2.80. The largest absolute Gasteiger partial charge is 0.489 e. The molecule has 0 saturated heterocycles. The van der Waals surface area contributed by atoms with Crippen molar-refractivity contribution in [3.63, 3.8) is 0 Å². The molecule has 0 bridgehead atoms. The molecule has 3 rings (SSSR count). The SMILES string of the molecule is Fc1ccc2c(c1)NC(c1ccc(Br)s1)CO2. The maximum absolute atomic E-state index is 13.1. The lowest BCUT2D eigenvalue weighted by Gasteiger charge is -2.26. The van der Waals surface area contributed by atoms with E-state index in [4.69, 9.17) is 4.74 Å². The number of halogens is 2. The van der Waals surface area contributed by atoms with Crippen molar-refractivity contribution < 1.29 is 9.13 Å². The second-order valence-electron chi connectivity index (χ2n) is 3.79. The van der Waals surface area contributed by atoms with Gasteiger partial charge in [-0.05, 0) is 40.2 Å². The fourth-order valence-electron chi connectivity index (χ4n) is 1.81. The van der Waals surface area contributed by atoms with Crippen LogP contribution in [0.3, 0.4) is 0 Å². The highest BCUT2D eigenvalue weighted by Gasteiger charge is 2.21. The number of nitrogens with one attached hydrogen (secondary N) is 1. The number of thiophene rings is 1. The van der Waals surface area contributed by atoms with Gasteiger partial charge in [0.1, 0.15) is 18.2 Å². The lowest BCUT2D eigenvalue weighted by atomic mass is 10.2. The van der Waals surface area contributed by atoms with Crippen molar-refractivity contribution in [3.8, 4) is 5.75 Å². The predicted octanol–water partition coefficient (Wildman–Crippen LogP) is 4.20. The van der Waals surface area contributed by atoms with E-state index in [1.807, 2.05) is 12.1 Å². The van der Waals surface area contributed by atoms with Gasteiger partial charge in [-0.2, -0.15) is 0 Å². The van der Waals surface area contributed by atoms with Crippen LogP contribution < -0.4 is 10.1 Å². The Labute approximate surface area is 111 Å². The summed E-state index contributed by atoms with van der Waals surface area (Å²) < 4.78 is 19.8. The molecule has 1 N–H and O–H groups in total.